The highest BCUT2D eigenvalue weighted by atomic mass is 35.5. The van der Waals surface area contributed by atoms with E-state index in [9.17, 15) is 19.7 Å². The van der Waals surface area contributed by atoms with Crippen molar-refractivity contribution in [1.82, 2.24) is 0 Å². The number of para-hydroxylation sites is 2. The van der Waals surface area contributed by atoms with Gasteiger partial charge in [0, 0.05) is 24.7 Å². The molecule has 0 saturated heterocycles. The number of benzene rings is 2. The molecule has 2 aromatic carbocycles. The normalized spacial score (nSPS) is 10.1. The number of rotatable bonds is 7. The molecule has 2 N–H and O–H groups in total. The van der Waals surface area contributed by atoms with Crippen LogP contribution in [0.1, 0.15) is 16.8 Å². The van der Waals surface area contributed by atoms with Crippen LogP contribution in [0.4, 0.5) is 17.1 Å². The second kappa shape index (κ2) is 8.82. The van der Waals surface area contributed by atoms with E-state index in [0.29, 0.717) is 11.4 Å². The first-order valence-electron chi connectivity index (χ1n) is 7.57. The zero-order valence-electron chi connectivity index (χ0n) is 13.8. The fraction of sp³-hybridized carbons (Fsp3) is 0.176. The standard InChI is InChI=1S/C17H16ClN3O5/c1-26-17(23)12-10-11(6-7-13(12)18)20-16(22)8-9-19-14-4-2-3-5-15(14)21(24)25/h2-7,10,19H,8-9H2,1H3,(H,20,22). The number of carbonyl (C=O) groups excluding carboxylic acids is 2. The van der Waals surface area contributed by atoms with Gasteiger partial charge < -0.3 is 15.4 Å². The van der Waals surface area contributed by atoms with E-state index < -0.39 is 10.9 Å². The number of anilines is 2. The van der Waals surface area contributed by atoms with Gasteiger partial charge in [0.15, 0.2) is 0 Å². The lowest BCUT2D eigenvalue weighted by atomic mass is 10.2. The van der Waals surface area contributed by atoms with Crippen molar-refractivity contribution in [3.8, 4) is 0 Å². The summed E-state index contributed by atoms with van der Waals surface area (Å²) in [6, 6.07) is 10.6. The number of amides is 1. The van der Waals surface area contributed by atoms with Gasteiger partial charge in [-0.3, -0.25) is 14.9 Å². The minimum Gasteiger partial charge on any atom is -0.465 e. The number of carbonyl (C=O) groups is 2. The van der Waals surface area contributed by atoms with Crippen molar-refractivity contribution in [2.24, 2.45) is 0 Å². The van der Waals surface area contributed by atoms with Crippen LogP contribution in [0.3, 0.4) is 0 Å². The van der Waals surface area contributed by atoms with E-state index in [-0.39, 0.29) is 35.1 Å². The minimum absolute atomic E-state index is 0.0617. The molecule has 0 aliphatic heterocycles. The first-order chi connectivity index (χ1) is 12.4. The third kappa shape index (κ3) is 4.93. The number of hydrogen-bond acceptors (Lipinski definition) is 6. The first kappa shape index (κ1) is 19.2. The summed E-state index contributed by atoms with van der Waals surface area (Å²) in [5.74, 6) is -0.932. The zero-order chi connectivity index (χ0) is 19.1. The molecule has 0 radical (unpaired) electrons. The summed E-state index contributed by atoms with van der Waals surface area (Å²) in [5, 5.41) is 16.6. The topological polar surface area (TPSA) is 111 Å². The number of hydrogen-bond donors (Lipinski definition) is 2. The number of methoxy groups -OCH3 is 1. The van der Waals surface area contributed by atoms with Crippen LogP contribution in [0, 0.1) is 10.1 Å². The molecule has 0 spiro atoms. The second-order valence-electron chi connectivity index (χ2n) is 5.19. The van der Waals surface area contributed by atoms with Crippen molar-refractivity contribution in [2.45, 2.75) is 6.42 Å². The van der Waals surface area contributed by atoms with Crippen LogP contribution in [-0.2, 0) is 9.53 Å². The molecule has 136 valence electrons. The van der Waals surface area contributed by atoms with Gasteiger partial charge in [-0.05, 0) is 24.3 Å². The van der Waals surface area contributed by atoms with Crippen LogP contribution in [0.15, 0.2) is 42.5 Å². The van der Waals surface area contributed by atoms with Crippen molar-refractivity contribution in [3.63, 3.8) is 0 Å². The van der Waals surface area contributed by atoms with Gasteiger partial charge in [-0.15, -0.1) is 0 Å². The maximum Gasteiger partial charge on any atom is 0.339 e. The molecule has 0 saturated carbocycles. The lowest BCUT2D eigenvalue weighted by molar-refractivity contribution is -0.384. The summed E-state index contributed by atoms with van der Waals surface area (Å²) in [6.45, 7) is 0.203. The van der Waals surface area contributed by atoms with Gasteiger partial charge in [0.2, 0.25) is 5.91 Å². The van der Waals surface area contributed by atoms with Crippen molar-refractivity contribution >= 4 is 40.5 Å². The number of nitro groups is 1. The Morgan fingerprint density at radius 1 is 1.23 bits per heavy atom. The minimum atomic E-state index is -0.607. The SMILES string of the molecule is COC(=O)c1cc(NC(=O)CCNc2ccccc2[N+](=O)[O-])ccc1Cl. The van der Waals surface area contributed by atoms with Crippen LogP contribution >= 0.6 is 11.6 Å². The van der Waals surface area contributed by atoms with Gasteiger partial charge in [-0.2, -0.15) is 0 Å². The summed E-state index contributed by atoms with van der Waals surface area (Å²) < 4.78 is 4.62. The maximum absolute atomic E-state index is 12.0. The van der Waals surface area contributed by atoms with E-state index in [4.69, 9.17) is 11.6 Å². The average Bonchev–Trinajstić information content (AvgIpc) is 2.63. The number of ether oxygens (including phenoxy) is 1. The molecule has 0 atom stereocenters. The monoisotopic (exact) mass is 377 g/mol. The Hall–Kier alpha value is -3.13. The average molecular weight is 378 g/mol. The van der Waals surface area contributed by atoms with E-state index in [1.807, 2.05) is 0 Å². The van der Waals surface area contributed by atoms with Gasteiger partial charge >= 0.3 is 5.97 Å². The third-order valence-electron chi connectivity index (χ3n) is 3.42. The molecule has 0 aliphatic rings. The molecule has 0 bridgehead atoms. The van der Waals surface area contributed by atoms with Gasteiger partial charge in [0.1, 0.15) is 5.69 Å². The maximum atomic E-state index is 12.0. The van der Waals surface area contributed by atoms with Gasteiger partial charge in [-0.1, -0.05) is 23.7 Å². The second-order valence-corrected chi connectivity index (χ2v) is 5.59. The Morgan fingerprint density at radius 2 is 1.96 bits per heavy atom. The molecule has 0 fully saturated rings. The van der Waals surface area contributed by atoms with Crippen molar-refractivity contribution in [2.75, 3.05) is 24.3 Å². The Balaban J connectivity index is 1.94. The highest BCUT2D eigenvalue weighted by molar-refractivity contribution is 6.33. The predicted molar refractivity (Wildman–Crippen MR) is 97.6 cm³/mol. The van der Waals surface area contributed by atoms with Crippen LogP contribution < -0.4 is 10.6 Å². The predicted octanol–water partition coefficient (Wildman–Crippen LogP) is 3.48. The molecule has 1 amide bonds. The van der Waals surface area contributed by atoms with E-state index in [1.165, 1.54) is 25.3 Å². The van der Waals surface area contributed by atoms with Crippen molar-refractivity contribution < 1.29 is 19.2 Å². The molecular weight excluding hydrogens is 362 g/mol. The molecule has 26 heavy (non-hydrogen) atoms. The van der Waals surface area contributed by atoms with Gasteiger partial charge in [0.05, 0.1) is 22.6 Å². The lowest BCUT2D eigenvalue weighted by Crippen LogP contribution is -2.17. The fourth-order valence-electron chi connectivity index (χ4n) is 2.19. The molecule has 9 heteroatoms. The first-order valence-corrected chi connectivity index (χ1v) is 7.95. The summed E-state index contributed by atoms with van der Waals surface area (Å²) in [5.41, 5.74) is 0.814. The molecule has 0 unspecified atom stereocenters. The van der Waals surface area contributed by atoms with E-state index in [0.717, 1.165) is 0 Å². The fourth-order valence-corrected chi connectivity index (χ4v) is 2.38. The van der Waals surface area contributed by atoms with Crippen LogP contribution in [-0.4, -0.2) is 30.5 Å². The summed E-state index contributed by atoms with van der Waals surface area (Å²) >= 11 is 5.92. The summed E-state index contributed by atoms with van der Waals surface area (Å²) in [4.78, 5) is 34.1. The van der Waals surface area contributed by atoms with Gasteiger partial charge in [-0.25, -0.2) is 4.79 Å². The zero-order valence-corrected chi connectivity index (χ0v) is 14.6. The number of nitrogens with one attached hydrogen (secondary N) is 2. The largest absolute Gasteiger partial charge is 0.465 e. The van der Waals surface area contributed by atoms with Crippen LogP contribution in [0.25, 0.3) is 0 Å². The Bertz CT molecular complexity index is 841. The third-order valence-corrected chi connectivity index (χ3v) is 3.75. The number of halogens is 1. The number of nitro benzene ring substituents is 1. The molecule has 0 heterocycles. The molecule has 2 aromatic rings. The molecule has 0 aliphatic carbocycles. The highest BCUT2D eigenvalue weighted by Gasteiger charge is 2.14. The van der Waals surface area contributed by atoms with Crippen LogP contribution in [0.5, 0.6) is 0 Å². The van der Waals surface area contributed by atoms with E-state index in [2.05, 4.69) is 15.4 Å². The highest BCUT2D eigenvalue weighted by Crippen LogP contribution is 2.23. The van der Waals surface area contributed by atoms with Crippen molar-refractivity contribution in [3.05, 3.63) is 63.2 Å². The van der Waals surface area contributed by atoms with Gasteiger partial charge in [0.25, 0.3) is 5.69 Å². The molecular formula is C17H16ClN3O5. The smallest absolute Gasteiger partial charge is 0.339 e. The number of esters is 1. The van der Waals surface area contributed by atoms with E-state index >= 15 is 0 Å². The summed E-state index contributed by atoms with van der Waals surface area (Å²) in [6.07, 6.45) is 0.0717. The Morgan fingerprint density at radius 3 is 2.65 bits per heavy atom. The molecule has 8 nitrogen and oxygen atoms in total. The Labute approximate surface area is 154 Å². The Kier molecular flexibility index (Phi) is 6.51. The van der Waals surface area contributed by atoms with Crippen LogP contribution in [0.2, 0.25) is 5.02 Å². The molecule has 2 rings (SSSR count). The summed E-state index contributed by atoms with van der Waals surface area (Å²) in [7, 11) is 1.23. The molecule has 0 aromatic heterocycles. The van der Waals surface area contributed by atoms with Crippen molar-refractivity contribution in [1.29, 1.82) is 0 Å². The quantitative estimate of drug-likeness (QED) is 0.434. The van der Waals surface area contributed by atoms with E-state index in [1.54, 1.807) is 24.3 Å². The lowest BCUT2D eigenvalue weighted by Gasteiger charge is -2.09. The number of nitrogens with zero attached hydrogens (tertiary/aromatic N) is 1.